The first kappa shape index (κ1) is 14.4. The van der Waals surface area contributed by atoms with Crippen molar-refractivity contribution in [1.29, 1.82) is 0 Å². The number of aromatic nitrogens is 1. The molecule has 0 spiro atoms. The number of hydrogen-bond acceptors (Lipinski definition) is 4. The Labute approximate surface area is 119 Å². The maximum absolute atomic E-state index is 10.6. The number of pyridine rings is 1. The monoisotopic (exact) mass is 283 g/mol. The number of nitrogens with two attached hydrogens (primary N) is 1. The minimum atomic E-state index is -0.675. The first-order chi connectivity index (χ1) is 8.80. The van der Waals surface area contributed by atoms with Crippen LogP contribution in [-0.2, 0) is 0 Å². The molecule has 0 saturated heterocycles. The van der Waals surface area contributed by atoms with Gasteiger partial charge in [-0.05, 0) is 43.2 Å². The Morgan fingerprint density at radius 2 is 1.95 bits per heavy atom. The highest BCUT2D eigenvalue weighted by Gasteiger charge is 2.36. The first-order valence-electron chi connectivity index (χ1n) is 6.68. The van der Waals surface area contributed by atoms with Gasteiger partial charge in [0.25, 0.3) is 0 Å². The minimum absolute atomic E-state index is 0.333. The van der Waals surface area contributed by atoms with Crippen LogP contribution in [0.5, 0.6) is 0 Å². The van der Waals surface area contributed by atoms with Gasteiger partial charge in [0.15, 0.2) is 5.82 Å². The molecule has 19 heavy (non-hydrogen) atoms. The average Bonchev–Trinajstić information content (AvgIpc) is 2.35. The molecular formula is C14H22ClN3O. The third-order valence-corrected chi connectivity index (χ3v) is 4.22. The topological polar surface area (TPSA) is 71.2 Å². The molecule has 1 saturated carbocycles. The molecule has 4 nitrogen and oxygen atoms in total. The van der Waals surface area contributed by atoms with E-state index in [1.807, 2.05) is 0 Å². The van der Waals surface area contributed by atoms with Crippen LogP contribution in [0.1, 0.15) is 39.5 Å². The number of nitrogens with zero attached hydrogens (tertiary/aromatic N) is 1. The van der Waals surface area contributed by atoms with Crippen LogP contribution in [0.15, 0.2) is 12.1 Å². The summed E-state index contributed by atoms with van der Waals surface area (Å²) in [6, 6.07) is 3.37. The fourth-order valence-electron chi connectivity index (χ4n) is 2.40. The number of nitrogen functional groups attached to an aromatic ring is 1. The Morgan fingerprint density at radius 1 is 1.32 bits per heavy atom. The van der Waals surface area contributed by atoms with Crippen LogP contribution < -0.4 is 11.1 Å². The maximum Gasteiger partial charge on any atom is 0.151 e. The normalized spacial score (nSPS) is 21.1. The zero-order valence-electron chi connectivity index (χ0n) is 11.5. The number of nitrogens with one attached hydrogen (secondary N) is 1. The third-order valence-electron chi connectivity index (χ3n) is 4.01. The van der Waals surface area contributed by atoms with Crippen molar-refractivity contribution in [3.8, 4) is 0 Å². The van der Waals surface area contributed by atoms with Gasteiger partial charge in [-0.15, -0.1) is 0 Å². The van der Waals surface area contributed by atoms with E-state index < -0.39 is 5.60 Å². The fourth-order valence-corrected chi connectivity index (χ4v) is 2.55. The third kappa shape index (κ3) is 3.74. The Kier molecular flexibility index (Phi) is 3.92. The van der Waals surface area contributed by atoms with Gasteiger partial charge in [0.05, 0.1) is 11.3 Å². The maximum atomic E-state index is 10.6. The molecule has 2 rings (SSSR count). The molecule has 0 bridgehead atoms. The summed E-state index contributed by atoms with van der Waals surface area (Å²) in [5.41, 5.74) is 6.03. The predicted octanol–water partition coefficient (Wildman–Crippen LogP) is 3.06. The largest absolute Gasteiger partial charge is 0.396 e. The van der Waals surface area contributed by atoms with Gasteiger partial charge in [-0.1, -0.05) is 25.4 Å². The van der Waals surface area contributed by atoms with E-state index in [2.05, 4.69) is 24.1 Å². The predicted molar refractivity (Wildman–Crippen MR) is 79.3 cm³/mol. The minimum Gasteiger partial charge on any atom is -0.396 e. The second-order valence-corrected chi connectivity index (χ2v) is 6.70. The summed E-state index contributed by atoms with van der Waals surface area (Å²) in [6.07, 6.45) is 3.66. The zero-order valence-corrected chi connectivity index (χ0v) is 12.3. The van der Waals surface area contributed by atoms with E-state index in [4.69, 9.17) is 17.3 Å². The fraction of sp³-hybridized carbons (Fsp3) is 0.643. The standard InChI is InChI=1S/C14H22ClN3O/c1-13(2)5-7-14(19,8-6-13)9-17-12-10(16)3-4-11(15)18-12/h3-4,19H,5-9,16H2,1-2H3,(H,17,18). The number of hydrogen-bond donors (Lipinski definition) is 3. The van der Waals surface area contributed by atoms with Crippen LogP contribution >= 0.6 is 11.6 Å². The number of halogens is 1. The molecule has 1 aliphatic carbocycles. The van der Waals surface area contributed by atoms with E-state index >= 15 is 0 Å². The van der Waals surface area contributed by atoms with Gasteiger partial charge >= 0.3 is 0 Å². The number of aliphatic hydroxyl groups is 1. The zero-order chi connectivity index (χ0) is 14.1. The van der Waals surface area contributed by atoms with Gasteiger partial charge in [-0.2, -0.15) is 0 Å². The van der Waals surface area contributed by atoms with E-state index in [0.717, 1.165) is 25.7 Å². The van der Waals surface area contributed by atoms with E-state index in [9.17, 15) is 5.11 Å². The molecular weight excluding hydrogens is 262 g/mol. The molecule has 1 aromatic heterocycles. The van der Waals surface area contributed by atoms with Crippen molar-refractivity contribution in [2.75, 3.05) is 17.6 Å². The molecule has 1 fully saturated rings. The van der Waals surface area contributed by atoms with Gasteiger partial charge in [0.2, 0.25) is 0 Å². The summed E-state index contributed by atoms with van der Waals surface area (Å²) < 4.78 is 0. The van der Waals surface area contributed by atoms with Crippen molar-refractivity contribution >= 4 is 23.1 Å². The molecule has 1 heterocycles. The van der Waals surface area contributed by atoms with Crippen molar-refractivity contribution < 1.29 is 5.11 Å². The lowest BCUT2D eigenvalue weighted by atomic mass is 9.71. The highest BCUT2D eigenvalue weighted by atomic mass is 35.5. The highest BCUT2D eigenvalue weighted by molar-refractivity contribution is 6.29. The van der Waals surface area contributed by atoms with E-state index in [0.29, 0.717) is 28.6 Å². The van der Waals surface area contributed by atoms with Crippen molar-refractivity contribution in [2.45, 2.75) is 45.1 Å². The highest BCUT2D eigenvalue weighted by Crippen LogP contribution is 2.40. The van der Waals surface area contributed by atoms with Crippen molar-refractivity contribution in [3.05, 3.63) is 17.3 Å². The lowest BCUT2D eigenvalue weighted by Crippen LogP contribution is -2.42. The van der Waals surface area contributed by atoms with E-state index in [-0.39, 0.29) is 0 Å². The van der Waals surface area contributed by atoms with Crippen molar-refractivity contribution in [2.24, 2.45) is 5.41 Å². The van der Waals surface area contributed by atoms with Gasteiger partial charge in [-0.3, -0.25) is 0 Å². The average molecular weight is 284 g/mol. The van der Waals surface area contributed by atoms with Gasteiger partial charge < -0.3 is 16.2 Å². The van der Waals surface area contributed by atoms with Crippen LogP contribution in [0.2, 0.25) is 5.15 Å². The Bertz CT molecular complexity index is 452. The Morgan fingerprint density at radius 3 is 2.58 bits per heavy atom. The van der Waals surface area contributed by atoms with Crippen LogP contribution in [0, 0.1) is 5.41 Å². The van der Waals surface area contributed by atoms with Crippen molar-refractivity contribution in [1.82, 2.24) is 4.98 Å². The first-order valence-corrected chi connectivity index (χ1v) is 7.06. The smallest absolute Gasteiger partial charge is 0.151 e. The Balaban J connectivity index is 1.97. The van der Waals surface area contributed by atoms with Crippen LogP contribution in [0.25, 0.3) is 0 Å². The molecule has 106 valence electrons. The molecule has 1 aromatic rings. The second-order valence-electron chi connectivity index (χ2n) is 6.31. The van der Waals surface area contributed by atoms with E-state index in [1.54, 1.807) is 12.1 Å². The molecule has 0 amide bonds. The van der Waals surface area contributed by atoms with Crippen LogP contribution in [-0.4, -0.2) is 22.2 Å². The molecule has 0 aliphatic heterocycles. The van der Waals surface area contributed by atoms with Gasteiger partial charge in [0.1, 0.15) is 5.15 Å². The molecule has 0 unspecified atom stereocenters. The summed E-state index contributed by atoms with van der Waals surface area (Å²) in [7, 11) is 0. The van der Waals surface area contributed by atoms with E-state index in [1.165, 1.54) is 0 Å². The lowest BCUT2D eigenvalue weighted by molar-refractivity contribution is -0.0145. The summed E-state index contributed by atoms with van der Waals surface area (Å²) in [4.78, 5) is 4.14. The van der Waals surface area contributed by atoms with Crippen LogP contribution in [0.4, 0.5) is 11.5 Å². The van der Waals surface area contributed by atoms with Crippen molar-refractivity contribution in [3.63, 3.8) is 0 Å². The molecule has 0 aromatic carbocycles. The summed E-state index contributed by atoms with van der Waals surface area (Å²) >= 11 is 5.84. The summed E-state index contributed by atoms with van der Waals surface area (Å²) in [5.74, 6) is 0.547. The quantitative estimate of drug-likeness (QED) is 0.746. The molecule has 0 radical (unpaired) electrons. The van der Waals surface area contributed by atoms with Crippen LogP contribution in [0.3, 0.4) is 0 Å². The van der Waals surface area contributed by atoms with Gasteiger partial charge in [0, 0.05) is 6.54 Å². The van der Waals surface area contributed by atoms with Gasteiger partial charge in [-0.25, -0.2) is 4.98 Å². The SMILES string of the molecule is CC1(C)CCC(O)(CNc2nc(Cl)ccc2N)CC1. The number of rotatable bonds is 3. The molecule has 5 heteroatoms. The molecule has 1 aliphatic rings. The molecule has 0 atom stereocenters. The second kappa shape index (κ2) is 5.17. The summed E-state index contributed by atoms with van der Waals surface area (Å²) in [5, 5.41) is 14.1. The Hall–Kier alpha value is -1.00. The summed E-state index contributed by atoms with van der Waals surface area (Å²) in [6.45, 7) is 4.95. The lowest BCUT2D eigenvalue weighted by Gasteiger charge is -2.40. The molecule has 4 N–H and O–H groups in total. The number of anilines is 2.